The van der Waals surface area contributed by atoms with E-state index in [1.165, 1.54) is 11.3 Å². The minimum atomic E-state index is -0.673. The molecule has 7 heteroatoms. The van der Waals surface area contributed by atoms with E-state index < -0.39 is 12.0 Å². The van der Waals surface area contributed by atoms with Crippen LogP contribution < -0.4 is 19.6 Å². The average Bonchev–Trinajstić information content (AvgIpc) is 3.27. The third-order valence-corrected chi connectivity index (χ3v) is 7.12. The van der Waals surface area contributed by atoms with Crippen molar-refractivity contribution in [3.8, 4) is 5.75 Å². The van der Waals surface area contributed by atoms with Crippen LogP contribution in [0.15, 0.2) is 100 Å². The Kier molecular flexibility index (Phi) is 7.65. The van der Waals surface area contributed by atoms with E-state index in [1.54, 1.807) is 11.5 Å². The van der Waals surface area contributed by atoms with E-state index in [2.05, 4.69) is 6.92 Å². The second kappa shape index (κ2) is 11.4. The summed E-state index contributed by atoms with van der Waals surface area (Å²) in [7, 11) is 0. The molecule has 4 aromatic rings. The van der Waals surface area contributed by atoms with Crippen molar-refractivity contribution in [1.29, 1.82) is 0 Å². The van der Waals surface area contributed by atoms with E-state index in [0.29, 0.717) is 27.2 Å². The van der Waals surface area contributed by atoms with Gasteiger partial charge in [-0.2, -0.15) is 0 Å². The fourth-order valence-electron chi connectivity index (χ4n) is 4.42. The van der Waals surface area contributed by atoms with Gasteiger partial charge in [-0.25, -0.2) is 9.79 Å². The van der Waals surface area contributed by atoms with Gasteiger partial charge in [0.15, 0.2) is 4.80 Å². The van der Waals surface area contributed by atoms with Gasteiger partial charge < -0.3 is 9.47 Å². The van der Waals surface area contributed by atoms with Gasteiger partial charge in [-0.15, -0.1) is 0 Å². The number of benzene rings is 3. The summed E-state index contributed by atoms with van der Waals surface area (Å²) in [6.45, 7) is 4.71. The molecule has 192 valence electrons. The maximum atomic E-state index is 13.9. The number of carbonyl (C=O) groups excluding carboxylic acids is 1. The normalized spacial score (nSPS) is 15.1. The molecule has 1 atom stereocenters. The number of fused-ring (bicyclic) bond motifs is 1. The summed E-state index contributed by atoms with van der Waals surface area (Å²) in [6.07, 6.45) is 2.79. The van der Waals surface area contributed by atoms with Crippen LogP contribution in [0.4, 0.5) is 0 Å². The molecule has 0 unspecified atom stereocenters. The van der Waals surface area contributed by atoms with Crippen molar-refractivity contribution < 1.29 is 14.3 Å². The van der Waals surface area contributed by atoms with Gasteiger partial charge in [0.25, 0.3) is 5.56 Å². The van der Waals surface area contributed by atoms with Gasteiger partial charge in [0, 0.05) is 5.56 Å². The van der Waals surface area contributed by atoms with Gasteiger partial charge in [-0.05, 0) is 42.7 Å². The first-order valence-electron chi connectivity index (χ1n) is 12.7. The number of hydrogen-bond donors (Lipinski definition) is 0. The second-order valence-electron chi connectivity index (χ2n) is 8.76. The summed E-state index contributed by atoms with van der Waals surface area (Å²) in [5, 5.41) is 0. The first-order chi connectivity index (χ1) is 18.6. The Labute approximate surface area is 224 Å². The first kappa shape index (κ1) is 25.4. The van der Waals surface area contributed by atoms with Crippen LogP contribution in [0.1, 0.15) is 43.0 Å². The topological polar surface area (TPSA) is 69.9 Å². The summed E-state index contributed by atoms with van der Waals surface area (Å²) in [5.74, 6) is 0.307. The maximum absolute atomic E-state index is 13.9. The molecular weight excluding hydrogens is 496 g/mol. The third kappa shape index (κ3) is 5.10. The van der Waals surface area contributed by atoms with Gasteiger partial charge in [0.1, 0.15) is 5.75 Å². The first-order valence-corrected chi connectivity index (χ1v) is 13.5. The van der Waals surface area contributed by atoms with Gasteiger partial charge >= 0.3 is 5.97 Å². The molecular formula is C31H28N2O4S. The standard InChI is InChI=1S/C31H28N2O4S/c1-3-19-37-24-17-15-21(16-18-24)20-25-29(34)33-28(23-13-9-6-10-14-23)26(30(35)36-4-2)27(32-31(33)38-25)22-11-7-5-8-12-22/h5-18,20,28H,3-4,19H2,1-2H3/b25-20-/t28-/m0/s1. The highest BCUT2D eigenvalue weighted by molar-refractivity contribution is 7.07. The molecule has 1 aliphatic heterocycles. The van der Waals surface area contributed by atoms with Crippen LogP contribution >= 0.6 is 11.3 Å². The highest BCUT2D eigenvalue weighted by atomic mass is 32.1. The Bertz CT molecular complexity index is 1640. The van der Waals surface area contributed by atoms with Gasteiger partial charge in [-0.1, -0.05) is 91.1 Å². The van der Waals surface area contributed by atoms with Crippen molar-refractivity contribution in [1.82, 2.24) is 4.57 Å². The molecule has 0 saturated carbocycles. The molecule has 0 radical (unpaired) electrons. The van der Waals surface area contributed by atoms with Crippen molar-refractivity contribution in [2.24, 2.45) is 4.99 Å². The zero-order chi connectivity index (χ0) is 26.5. The van der Waals surface area contributed by atoms with Crippen molar-refractivity contribution in [3.63, 3.8) is 0 Å². The van der Waals surface area contributed by atoms with Crippen molar-refractivity contribution in [2.45, 2.75) is 26.3 Å². The fourth-order valence-corrected chi connectivity index (χ4v) is 5.42. The minimum absolute atomic E-state index is 0.206. The monoisotopic (exact) mass is 524 g/mol. The number of carbonyl (C=O) groups is 1. The van der Waals surface area contributed by atoms with E-state index in [9.17, 15) is 9.59 Å². The molecule has 0 fully saturated rings. The summed E-state index contributed by atoms with van der Waals surface area (Å²) in [6, 6.07) is 26.1. The Morgan fingerprint density at radius 3 is 2.32 bits per heavy atom. The molecule has 1 aromatic heterocycles. The Balaban J connectivity index is 1.72. The molecule has 0 N–H and O–H groups in total. The lowest BCUT2D eigenvalue weighted by Gasteiger charge is -2.25. The number of ether oxygens (including phenoxy) is 2. The highest BCUT2D eigenvalue weighted by Gasteiger charge is 2.35. The number of hydrogen-bond acceptors (Lipinski definition) is 6. The second-order valence-corrected chi connectivity index (χ2v) is 9.77. The van der Waals surface area contributed by atoms with E-state index >= 15 is 0 Å². The number of esters is 1. The fraction of sp³-hybridized carbons (Fsp3) is 0.194. The SMILES string of the molecule is CCCOc1ccc(/C=c2\sc3n(c2=O)[C@@H](c2ccccc2)C(C(=O)OCC)=C(c2ccccc2)N=3)cc1. The minimum Gasteiger partial charge on any atom is -0.494 e. The third-order valence-electron chi connectivity index (χ3n) is 6.14. The quantitative estimate of drug-likeness (QED) is 0.313. The van der Waals surface area contributed by atoms with Gasteiger partial charge in [0.2, 0.25) is 0 Å². The van der Waals surface area contributed by atoms with E-state index in [4.69, 9.17) is 14.5 Å². The summed E-state index contributed by atoms with van der Waals surface area (Å²) in [5.41, 5.74) is 3.13. The van der Waals surface area contributed by atoms with Gasteiger partial charge in [0.05, 0.1) is 35.1 Å². The molecule has 5 rings (SSSR count). The molecule has 0 bridgehead atoms. The molecule has 0 amide bonds. The molecule has 2 heterocycles. The highest BCUT2D eigenvalue weighted by Crippen LogP contribution is 2.35. The van der Waals surface area contributed by atoms with Crippen LogP contribution in [0.3, 0.4) is 0 Å². The van der Waals surface area contributed by atoms with E-state index in [1.807, 2.05) is 91.0 Å². The van der Waals surface area contributed by atoms with E-state index in [-0.39, 0.29) is 12.2 Å². The molecule has 0 saturated heterocycles. The zero-order valence-corrected chi connectivity index (χ0v) is 22.1. The van der Waals surface area contributed by atoms with E-state index in [0.717, 1.165) is 28.9 Å². The predicted molar refractivity (Wildman–Crippen MR) is 150 cm³/mol. The number of aromatic nitrogens is 1. The lowest BCUT2D eigenvalue weighted by atomic mass is 9.93. The summed E-state index contributed by atoms with van der Waals surface area (Å²) in [4.78, 5) is 32.7. The summed E-state index contributed by atoms with van der Waals surface area (Å²) >= 11 is 1.31. The Hall–Kier alpha value is -4.23. The molecule has 1 aliphatic rings. The van der Waals surface area contributed by atoms with Crippen molar-refractivity contribution >= 4 is 29.1 Å². The number of rotatable bonds is 8. The number of thiazole rings is 1. The van der Waals surface area contributed by atoms with Crippen LogP contribution in [0.25, 0.3) is 11.8 Å². The molecule has 0 spiro atoms. The van der Waals surface area contributed by atoms with Crippen LogP contribution in [0.2, 0.25) is 0 Å². The number of nitrogens with zero attached hydrogens (tertiary/aromatic N) is 2. The average molecular weight is 525 g/mol. The van der Waals surface area contributed by atoms with Crippen LogP contribution in [0.5, 0.6) is 5.75 Å². The van der Waals surface area contributed by atoms with Gasteiger partial charge in [-0.3, -0.25) is 9.36 Å². The van der Waals surface area contributed by atoms with Crippen molar-refractivity contribution in [2.75, 3.05) is 13.2 Å². The lowest BCUT2D eigenvalue weighted by Crippen LogP contribution is -2.39. The van der Waals surface area contributed by atoms with Crippen LogP contribution in [-0.2, 0) is 9.53 Å². The maximum Gasteiger partial charge on any atom is 0.338 e. The molecule has 6 nitrogen and oxygen atoms in total. The van der Waals surface area contributed by atoms with Crippen LogP contribution in [0, 0.1) is 0 Å². The molecule has 3 aromatic carbocycles. The van der Waals surface area contributed by atoms with Crippen LogP contribution in [-0.4, -0.2) is 23.8 Å². The van der Waals surface area contributed by atoms with Crippen molar-refractivity contribution in [3.05, 3.63) is 127 Å². The molecule has 0 aliphatic carbocycles. The smallest absolute Gasteiger partial charge is 0.338 e. The lowest BCUT2D eigenvalue weighted by molar-refractivity contribution is -0.138. The largest absolute Gasteiger partial charge is 0.494 e. The Morgan fingerprint density at radius 2 is 1.66 bits per heavy atom. The predicted octanol–water partition coefficient (Wildman–Crippen LogP) is 4.72. The summed E-state index contributed by atoms with van der Waals surface area (Å²) < 4.78 is 13.3. The zero-order valence-electron chi connectivity index (χ0n) is 21.3. The molecule has 38 heavy (non-hydrogen) atoms. The Morgan fingerprint density at radius 1 is 0.974 bits per heavy atom.